The van der Waals surface area contributed by atoms with Crippen molar-refractivity contribution in [2.75, 3.05) is 37.3 Å². The average molecular weight is 580 g/mol. The summed E-state index contributed by atoms with van der Waals surface area (Å²) in [5.41, 5.74) is 7.97. The van der Waals surface area contributed by atoms with Gasteiger partial charge in [0, 0.05) is 55.8 Å². The number of hydrazine groups is 1. The van der Waals surface area contributed by atoms with Gasteiger partial charge in [-0.1, -0.05) is 0 Å². The number of nitrogens with zero attached hydrogens (tertiary/aromatic N) is 3. The van der Waals surface area contributed by atoms with E-state index in [0.717, 1.165) is 48.1 Å². The van der Waals surface area contributed by atoms with E-state index in [2.05, 4.69) is 15.6 Å². The van der Waals surface area contributed by atoms with E-state index in [1.54, 1.807) is 30.0 Å². The number of aromatic nitrogens is 2. The maximum absolute atomic E-state index is 14.3. The van der Waals surface area contributed by atoms with Gasteiger partial charge in [-0.05, 0) is 73.2 Å². The molecule has 12 heteroatoms. The fourth-order valence-corrected chi connectivity index (χ4v) is 4.79. The highest BCUT2D eigenvalue weighted by atomic mass is 19.1. The van der Waals surface area contributed by atoms with Crippen LogP contribution in [0.4, 0.5) is 20.3 Å². The number of amides is 1. The van der Waals surface area contributed by atoms with E-state index in [1.165, 1.54) is 18.2 Å². The second-order valence-electron chi connectivity index (χ2n) is 10.6. The van der Waals surface area contributed by atoms with E-state index in [4.69, 9.17) is 16.3 Å². The van der Waals surface area contributed by atoms with Crippen LogP contribution in [0.5, 0.6) is 0 Å². The van der Waals surface area contributed by atoms with Gasteiger partial charge in [0.05, 0.1) is 18.0 Å². The number of ether oxygens (including phenoxy) is 1. The van der Waals surface area contributed by atoms with Crippen molar-refractivity contribution in [1.82, 2.24) is 14.9 Å². The van der Waals surface area contributed by atoms with Crippen molar-refractivity contribution in [1.29, 1.82) is 0 Å². The third-order valence-electron chi connectivity index (χ3n) is 7.35. The highest BCUT2D eigenvalue weighted by molar-refractivity contribution is 6.04. The minimum Gasteiger partial charge on any atom is -0.403 e. The third-order valence-corrected chi connectivity index (χ3v) is 7.35. The number of nitrogens with two attached hydrogens (primary N) is 2. The Morgan fingerprint density at radius 1 is 1.21 bits per heavy atom. The summed E-state index contributed by atoms with van der Waals surface area (Å²) in [7, 11) is 1.62. The number of benzene rings is 1. The summed E-state index contributed by atoms with van der Waals surface area (Å²) < 4.78 is 34.6. The number of pyridine rings is 2. The van der Waals surface area contributed by atoms with Crippen molar-refractivity contribution in [3.05, 3.63) is 87.5 Å². The highest BCUT2D eigenvalue weighted by Crippen LogP contribution is 2.42. The summed E-state index contributed by atoms with van der Waals surface area (Å²) in [5, 5.41) is 7.06. The van der Waals surface area contributed by atoms with Gasteiger partial charge in [-0.3, -0.25) is 14.6 Å². The summed E-state index contributed by atoms with van der Waals surface area (Å²) in [6.45, 7) is 0.682. The lowest BCUT2D eigenvalue weighted by atomic mass is 10.0. The Balaban J connectivity index is 1.49. The number of allylic oxidation sites excluding steroid dienone is 1. The molecule has 2 aromatic heterocycles. The van der Waals surface area contributed by atoms with E-state index < -0.39 is 18.4 Å². The highest BCUT2D eigenvalue weighted by Gasteiger charge is 2.29. The molecule has 5 rings (SSSR count). The van der Waals surface area contributed by atoms with Crippen LogP contribution in [0.15, 0.2) is 59.3 Å². The second-order valence-corrected chi connectivity index (χ2v) is 10.6. The summed E-state index contributed by atoms with van der Waals surface area (Å²) >= 11 is 0. The first-order chi connectivity index (χ1) is 20.3. The Labute approximate surface area is 242 Å². The smallest absolute Gasteiger partial charge is 0.263 e. The SMILES string of the molecule is COCCNCc1cc(C(=O)Nc2cc(-c3ccc(F)cc3N(N)/C(=C\N)CF)cc(C3CC3)n2)c(=O)n(C2CC2)c1. The van der Waals surface area contributed by atoms with Gasteiger partial charge in [-0.2, -0.15) is 0 Å². The third kappa shape index (κ3) is 6.67. The number of methoxy groups -OCH3 is 1. The molecule has 1 aromatic carbocycles. The molecule has 0 atom stereocenters. The molecular weight excluding hydrogens is 544 g/mol. The molecule has 222 valence electrons. The molecule has 0 unspecified atom stereocenters. The van der Waals surface area contributed by atoms with Crippen molar-refractivity contribution < 1.29 is 18.3 Å². The van der Waals surface area contributed by atoms with Gasteiger partial charge in [-0.15, -0.1) is 0 Å². The summed E-state index contributed by atoms with van der Waals surface area (Å²) in [6.07, 6.45) is 6.48. The van der Waals surface area contributed by atoms with Crippen molar-refractivity contribution in [3.8, 4) is 11.1 Å². The first kappa shape index (κ1) is 29.4. The molecular formula is C30H35F2N7O3. The van der Waals surface area contributed by atoms with Crippen LogP contribution in [-0.4, -0.2) is 42.4 Å². The maximum atomic E-state index is 14.3. The standard InChI is InChI=1S/C30H35F2N7O3/c1-42-9-8-35-16-18-10-25(30(41)38(17-18)22-5-6-22)29(40)37-28-12-20(11-26(36-28)19-2-3-19)24-7-4-21(32)13-27(24)39(34)23(14-31)15-33/h4,7,10-13,15,17,19,22,35H,2-3,5-6,8-9,14,16,33-34H2,1H3,(H,36,37,40)/b23-15-. The van der Waals surface area contributed by atoms with E-state index in [9.17, 15) is 18.4 Å². The Hall–Kier alpha value is -4.13. The van der Waals surface area contributed by atoms with Crippen LogP contribution in [0.3, 0.4) is 0 Å². The van der Waals surface area contributed by atoms with Gasteiger partial charge in [-0.25, -0.2) is 19.6 Å². The zero-order valence-corrected chi connectivity index (χ0v) is 23.4. The molecule has 2 heterocycles. The molecule has 3 aromatic rings. The minimum absolute atomic E-state index is 0.0180. The lowest BCUT2D eigenvalue weighted by Gasteiger charge is -2.23. The molecule has 0 saturated heterocycles. The van der Waals surface area contributed by atoms with Crippen molar-refractivity contribution >= 4 is 17.4 Å². The molecule has 2 aliphatic carbocycles. The number of alkyl halides is 1. The normalized spacial score (nSPS) is 15.1. The number of anilines is 2. The molecule has 10 nitrogen and oxygen atoms in total. The molecule has 0 aliphatic heterocycles. The summed E-state index contributed by atoms with van der Waals surface area (Å²) in [6, 6.07) is 9.16. The van der Waals surface area contributed by atoms with Crippen LogP contribution in [0, 0.1) is 5.82 Å². The largest absolute Gasteiger partial charge is 0.403 e. The van der Waals surface area contributed by atoms with Gasteiger partial charge in [0.2, 0.25) is 0 Å². The average Bonchev–Trinajstić information content (AvgIpc) is 3.90. The Kier molecular flexibility index (Phi) is 8.95. The van der Waals surface area contributed by atoms with Gasteiger partial charge in [0.1, 0.15) is 23.9 Å². The van der Waals surface area contributed by atoms with Gasteiger partial charge < -0.3 is 25.7 Å². The van der Waals surface area contributed by atoms with E-state index in [0.29, 0.717) is 30.8 Å². The lowest BCUT2D eigenvalue weighted by Crippen LogP contribution is -2.32. The number of hydrogen-bond acceptors (Lipinski definition) is 8. The Morgan fingerprint density at radius 3 is 2.67 bits per heavy atom. The van der Waals surface area contributed by atoms with Crippen molar-refractivity contribution in [3.63, 3.8) is 0 Å². The van der Waals surface area contributed by atoms with Crippen molar-refractivity contribution in [2.24, 2.45) is 11.6 Å². The fourth-order valence-electron chi connectivity index (χ4n) is 4.79. The second kappa shape index (κ2) is 12.8. The number of halogens is 2. The Bertz CT molecular complexity index is 1550. The molecule has 2 aliphatic rings. The van der Waals surface area contributed by atoms with Gasteiger partial charge >= 0.3 is 0 Å². The maximum Gasteiger partial charge on any atom is 0.263 e. The molecule has 1 amide bonds. The van der Waals surface area contributed by atoms with E-state index in [-0.39, 0.29) is 40.3 Å². The van der Waals surface area contributed by atoms with Crippen LogP contribution >= 0.6 is 0 Å². The molecule has 6 N–H and O–H groups in total. The molecule has 2 fully saturated rings. The predicted molar refractivity (Wildman–Crippen MR) is 157 cm³/mol. The Morgan fingerprint density at radius 2 is 2.00 bits per heavy atom. The molecule has 2 saturated carbocycles. The van der Waals surface area contributed by atoms with Gasteiger partial charge in [0.15, 0.2) is 0 Å². The number of hydrogen-bond donors (Lipinski definition) is 4. The van der Waals surface area contributed by atoms with Crippen molar-refractivity contribution in [2.45, 2.75) is 44.2 Å². The fraction of sp³-hybridized carbons (Fsp3) is 0.367. The van der Waals surface area contributed by atoms with Crippen LogP contribution in [0.2, 0.25) is 0 Å². The number of carbonyl (C=O) groups excluding carboxylic acids is 1. The lowest BCUT2D eigenvalue weighted by molar-refractivity contribution is 0.102. The number of rotatable bonds is 13. The molecule has 0 spiro atoms. The van der Waals surface area contributed by atoms with Crippen LogP contribution in [-0.2, 0) is 11.3 Å². The summed E-state index contributed by atoms with van der Waals surface area (Å²) in [5.74, 6) is 5.44. The van der Waals surface area contributed by atoms with E-state index in [1.807, 2.05) is 6.07 Å². The number of carbonyl (C=O) groups is 1. The zero-order valence-electron chi connectivity index (χ0n) is 23.4. The predicted octanol–water partition coefficient (Wildman–Crippen LogP) is 3.70. The van der Waals surface area contributed by atoms with Crippen LogP contribution < -0.4 is 32.8 Å². The molecule has 0 bridgehead atoms. The van der Waals surface area contributed by atoms with Crippen LogP contribution in [0.1, 0.15) is 59.3 Å². The topological polar surface area (TPSA) is 141 Å². The molecule has 42 heavy (non-hydrogen) atoms. The zero-order chi connectivity index (χ0) is 29.8. The first-order valence-corrected chi connectivity index (χ1v) is 13.9. The molecule has 0 radical (unpaired) electrons. The minimum atomic E-state index is -0.951. The monoisotopic (exact) mass is 579 g/mol. The quantitative estimate of drug-likeness (QED) is 0.137. The first-order valence-electron chi connectivity index (χ1n) is 13.9. The van der Waals surface area contributed by atoms with Gasteiger partial charge in [0.25, 0.3) is 11.5 Å². The van der Waals surface area contributed by atoms with Crippen LogP contribution in [0.25, 0.3) is 11.1 Å². The van der Waals surface area contributed by atoms with E-state index >= 15 is 0 Å². The summed E-state index contributed by atoms with van der Waals surface area (Å²) in [4.78, 5) is 31.5. The number of nitrogens with one attached hydrogen (secondary N) is 2.